The Morgan fingerprint density at radius 2 is 1.80 bits per heavy atom. The standard InChI is InChI=1S/C18H25N3O4/c1-12(2)16(20-17(22)15-8-6-10-25-15)18(23)19-11-13(21(3)4)14-7-5-9-24-14/h5-10,12-13,16H,11H2,1-4H3,(H,19,23)(H,20,22)/p+1/t13-,16-/m1/s1. The largest absolute Gasteiger partial charge is 0.463 e. The SMILES string of the molecule is CC(C)[C@@H](NC(=O)c1ccco1)C(=O)NC[C@H](c1ccco1)[NH+](C)C. The van der Waals surface area contributed by atoms with E-state index >= 15 is 0 Å². The van der Waals surface area contributed by atoms with Gasteiger partial charge in [-0.3, -0.25) is 9.59 Å². The fourth-order valence-electron chi connectivity index (χ4n) is 2.55. The maximum absolute atomic E-state index is 12.6. The van der Waals surface area contributed by atoms with Gasteiger partial charge in [-0.05, 0) is 30.2 Å². The number of carbonyl (C=O) groups excluding carboxylic acids is 2. The Morgan fingerprint density at radius 3 is 2.32 bits per heavy atom. The predicted molar refractivity (Wildman–Crippen MR) is 92.1 cm³/mol. The van der Waals surface area contributed by atoms with E-state index in [-0.39, 0.29) is 23.6 Å². The number of nitrogens with one attached hydrogen (secondary N) is 3. The third-order valence-corrected chi connectivity index (χ3v) is 4.04. The van der Waals surface area contributed by atoms with E-state index in [1.165, 1.54) is 6.26 Å². The van der Waals surface area contributed by atoms with Crippen LogP contribution in [-0.4, -0.2) is 38.5 Å². The first-order valence-electron chi connectivity index (χ1n) is 8.35. The molecule has 2 heterocycles. The van der Waals surface area contributed by atoms with Crippen LogP contribution in [0.1, 0.15) is 36.2 Å². The van der Waals surface area contributed by atoms with Crippen molar-refractivity contribution in [3.63, 3.8) is 0 Å². The highest BCUT2D eigenvalue weighted by atomic mass is 16.3. The molecule has 0 aliphatic rings. The lowest BCUT2D eigenvalue weighted by molar-refractivity contribution is -0.891. The summed E-state index contributed by atoms with van der Waals surface area (Å²) in [5.41, 5.74) is 0. The average molecular weight is 348 g/mol. The van der Waals surface area contributed by atoms with Crippen LogP contribution in [0.2, 0.25) is 0 Å². The molecule has 7 nitrogen and oxygen atoms in total. The molecule has 0 aromatic carbocycles. The van der Waals surface area contributed by atoms with E-state index in [4.69, 9.17) is 8.83 Å². The highest BCUT2D eigenvalue weighted by Gasteiger charge is 2.28. The topological polar surface area (TPSA) is 88.9 Å². The minimum atomic E-state index is -0.646. The monoisotopic (exact) mass is 348 g/mol. The van der Waals surface area contributed by atoms with Crippen LogP contribution in [0.4, 0.5) is 0 Å². The summed E-state index contributed by atoms with van der Waals surface area (Å²) in [6.45, 7) is 4.18. The molecule has 0 aliphatic carbocycles. The molecule has 2 rings (SSSR count). The Kier molecular flexibility index (Phi) is 6.41. The second kappa shape index (κ2) is 8.53. The van der Waals surface area contributed by atoms with Crippen LogP contribution < -0.4 is 15.5 Å². The van der Waals surface area contributed by atoms with E-state index < -0.39 is 11.9 Å². The first-order valence-corrected chi connectivity index (χ1v) is 8.35. The van der Waals surface area contributed by atoms with Gasteiger partial charge in [0.15, 0.2) is 17.6 Å². The van der Waals surface area contributed by atoms with Gasteiger partial charge in [0, 0.05) is 0 Å². The number of amides is 2. The molecular formula is C18H26N3O4+. The second-order valence-corrected chi connectivity index (χ2v) is 6.56. The minimum Gasteiger partial charge on any atom is -0.463 e. The molecule has 2 amide bonds. The quantitative estimate of drug-likeness (QED) is 0.653. The van der Waals surface area contributed by atoms with Crippen molar-refractivity contribution >= 4 is 11.8 Å². The van der Waals surface area contributed by atoms with Crippen molar-refractivity contribution in [2.24, 2.45) is 5.92 Å². The normalized spacial score (nSPS) is 13.7. The maximum Gasteiger partial charge on any atom is 0.287 e. The van der Waals surface area contributed by atoms with Gasteiger partial charge in [-0.2, -0.15) is 0 Å². The number of hydrogen-bond acceptors (Lipinski definition) is 4. The van der Waals surface area contributed by atoms with E-state index in [1.807, 2.05) is 40.1 Å². The van der Waals surface area contributed by atoms with Crippen LogP contribution in [0.5, 0.6) is 0 Å². The number of furan rings is 2. The van der Waals surface area contributed by atoms with Gasteiger partial charge in [0.1, 0.15) is 6.04 Å². The lowest BCUT2D eigenvalue weighted by atomic mass is 10.0. The van der Waals surface area contributed by atoms with Gasteiger partial charge in [-0.1, -0.05) is 13.8 Å². The summed E-state index contributed by atoms with van der Waals surface area (Å²) in [6.07, 6.45) is 3.04. The molecule has 0 bridgehead atoms. The lowest BCUT2D eigenvalue weighted by Gasteiger charge is -2.24. The zero-order valence-electron chi connectivity index (χ0n) is 15.0. The van der Waals surface area contributed by atoms with Crippen LogP contribution in [0.25, 0.3) is 0 Å². The van der Waals surface area contributed by atoms with Crippen molar-refractivity contribution < 1.29 is 23.3 Å². The Labute approximate surface area is 147 Å². The van der Waals surface area contributed by atoms with Gasteiger partial charge < -0.3 is 24.4 Å². The van der Waals surface area contributed by atoms with E-state index in [2.05, 4.69) is 10.6 Å². The molecule has 25 heavy (non-hydrogen) atoms. The van der Waals surface area contributed by atoms with Gasteiger partial charge >= 0.3 is 0 Å². The van der Waals surface area contributed by atoms with Crippen LogP contribution in [-0.2, 0) is 4.79 Å². The number of rotatable bonds is 8. The van der Waals surface area contributed by atoms with Crippen LogP contribution in [0, 0.1) is 5.92 Å². The molecule has 0 spiro atoms. The van der Waals surface area contributed by atoms with Crippen molar-refractivity contribution in [3.05, 3.63) is 48.3 Å². The third kappa shape index (κ3) is 4.96. The molecule has 2 aromatic heterocycles. The smallest absolute Gasteiger partial charge is 0.287 e. The van der Waals surface area contributed by atoms with Crippen LogP contribution in [0.15, 0.2) is 45.6 Å². The molecule has 2 aromatic rings. The fraction of sp³-hybridized carbons (Fsp3) is 0.444. The Hall–Kier alpha value is -2.54. The fourth-order valence-corrected chi connectivity index (χ4v) is 2.55. The molecule has 0 saturated carbocycles. The lowest BCUT2D eigenvalue weighted by Crippen LogP contribution is -3.07. The van der Waals surface area contributed by atoms with Crippen molar-refractivity contribution in [2.45, 2.75) is 25.9 Å². The molecule has 0 saturated heterocycles. The van der Waals surface area contributed by atoms with Gasteiger partial charge in [0.25, 0.3) is 5.91 Å². The highest BCUT2D eigenvalue weighted by molar-refractivity contribution is 5.95. The molecule has 0 fully saturated rings. The summed E-state index contributed by atoms with van der Waals surface area (Å²) in [5.74, 6) is 0.297. The summed E-state index contributed by atoms with van der Waals surface area (Å²) in [7, 11) is 4.00. The van der Waals surface area contributed by atoms with Gasteiger partial charge in [0.2, 0.25) is 5.91 Å². The average Bonchev–Trinajstić information content (AvgIpc) is 3.25. The van der Waals surface area contributed by atoms with Gasteiger partial charge in [-0.15, -0.1) is 0 Å². The Morgan fingerprint density at radius 1 is 1.12 bits per heavy atom. The van der Waals surface area contributed by atoms with Gasteiger partial charge in [0.05, 0.1) is 33.2 Å². The molecule has 3 N–H and O–H groups in total. The molecule has 136 valence electrons. The van der Waals surface area contributed by atoms with E-state index in [1.54, 1.807) is 18.4 Å². The van der Waals surface area contributed by atoms with E-state index in [9.17, 15) is 9.59 Å². The van der Waals surface area contributed by atoms with Crippen molar-refractivity contribution in [2.75, 3.05) is 20.6 Å². The number of quaternary nitrogens is 1. The summed E-state index contributed by atoms with van der Waals surface area (Å²) < 4.78 is 10.5. The maximum atomic E-state index is 12.6. The second-order valence-electron chi connectivity index (χ2n) is 6.56. The molecule has 2 atom stereocenters. The summed E-state index contributed by atoms with van der Waals surface area (Å²) >= 11 is 0. The highest BCUT2D eigenvalue weighted by Crippen LogP contribution is 2.10. The third-order valence-electron chi connectivity index (χ3n) is 4.04. The number of carbonyl (C=O) groups is 2. The van der Waals surface area contributed by atoms with Crippen LogP contribution >= 0.6 is 0 Å². The Balaban J connectivity index is 1.99. The molecule has 0 unspecified atom stereocenters. The summed E-state index contributed by atoms with van der Waals surface area (Å²) in [6, 6.07) is 6.26. The molecule has 0 radical (unpaired) electrons. The van der Waals surface area contributed by atoms with Crippen LogP contribution in [0.3, 0.4) is 0 Å². The summed E-state index contributed by atoms with van der Waals surface area (Å²) in [4.78, 5) is 25.9. The first kappa shape index (κ1) is 18.8. The molecule has 0 aliphatic heterocycles. The zero-order chi connectivity index (χ0) is 18.4. The zero-order valence-corrected chi connectivity index (χ0v) is 15.0. The van der Waals surface area contributed by atoms with E-state index in [0.29, 0.717) is 6.54 Å². The Bertz CT molecular complexity index is 663. The van der Waals surface area contributed by atoms with Crippen molar-refractivity contribution in [3.8, 4) is 0 Å². The number of likely N-dealkylation sites (N-methyl/N-ethyl adjacent to an activating group) is 1. The minimum absolute atomic E-state index is 0.00691. The predicted octanol–water partition coefficient (Wildman–Crippen LogP) is 0.629. The van der Waals surface area contributed by atoms with Gasteiger partial charge in [-0.25, -0.2) is 0 Å². The molecular weight excluding hydrogens is 322 g/mol. The summed E-state index contributed by atoms with van der Waals surface area (Å²) in [5, 5.41) is 5.65. The van der Waals surface area contributed by atoms with Crippen molar-refractivity contribution in [1.82, 2.24) is 10.6 Å². The molecule has 7 heteroatoms. The number of hydrogen-bond donors (Lipinski definition) is 3. The van der Waals surface area contributed by atoms with E-state index in [0.717, 1.165) is 10.7 Å². The van der Waals surface area contributed by atoms with Crippen molar-refractivity contribution in [1.29, 1.82) is 0 Å². The first-order chi connectivity index (χ1) is 11.9.